The molecule has 3 rings (SSSR count). The van der Waals surface area contributed by atoms with E-state index < -0.39 is 11.6 Å². The van der Waals surface area contributed by atoms with Gasteiger partial charge in [-0.05, 0) is 29.5 Å². The molecule has 8 heteroatoms. The van der Waals surface area contributed by atoms with Crippen LogP contribution in [0.2, 0.25) is 0 Å². The zero-order valence-corrected chi connectivity index (χ0v) is 11.7. The van der Waals surface area contributed by atoms with E-state index in [1.165, 1.54) is 30.3 Å². The maximum absolute atomic E-state index is 13.2. The summed E-state index contributed by atoms with van der Waals surface area (Å²) in [7, 11) is 0. The monoisotopic (exact) mass is 314 g/mol. The third-order valence-electron chi connectivity index (χ3n) is 3.10. The van der Waals surface area contributed by atoms with Crippen molar-refractivity contribution in [2.24, 2.45) is 0 Å². The molecule has 2 aromatic carbocycles. The molecule has 2 N–H and O–H groups in total. The Bertz CT molecular complexity index is 879. The Balaban J connectivity index is 1.80. The summed E-state index contributed by atoms with van der Waals surface area (Å²) in [6.07, 6.45) is 0. The van der Waals surface area contributed by atoms with Gasteiger partial charge in [-0.15, -0.1) is 10.2 Å². The van der Waals surface area contributed by atoms with E-state index >= 15 is 0 Å². The highest BCUT2D eigenvalue weighted by Gasteiger charge is 2.15. The number of aromatic nitrogens is 4. The van der Waals surface area contributed by atoms with Gasteiger partial charge in [0.1, 0.15) is 23.9 Å². The van der Waals surface area contributed by atoms with E-state index in [2.05, 4.69) is 15.4 Å². The molecule has 0 saturated heterocycles. The van der Waals surface area contributed by atoms with Crippen LogP contribution < -0.4 is 0 Å². The van der Waals surface area contributed by atoms with Gasteiger partial charge < -0.3 is 10.2 Å². The smallest absolute Gasteiger partial charge is 0.205 e. The number of nitrogens with zero attached hydrogens (tertiary/aromatic N) is 4. The topological polar surface area (TPSA) is 101 Å². The molecule has 3 aromatic rings. The van der Waals surface area contributed by atoms with E-state index in [0.717, 1.165) is 10.9 Å². The quantitative estimate of drug-likeness (QED) is 0.712. The molecule has 0 unspecified atom stereocenters. The molecule has 0 saturated carbocycles. The van der Waals surface area contributed by atoms with Gasteiger partial charge in [0.05, 0.1) is 5.56 Å². The van der Waals surface area contributed by atoms with Crippen molar-refractivity contribution in [2.45, 2.75) is 6.54 Å². The minimum absolute atomic E-state index is 0.0346. The molecule has 0 spiro atoms. The third-order valence-corrected chi connectivity index (χ3v) is 3.10. The molecule has 0 fully saturated rings. The third kappa shape index (κ3) is 3.15. The lowest BCUT2D eigenvalue weighted by Crippen LogP contribution is -2.13. The number of Topliss-reactive ketones (excluding diaryl/α,β-unsaturated/α-hetero) is 1. The number of carbonyl (C=O) groups excluding carboxylic acids is 1. The van der Waals surface area contributed by atoms with Gasteiger partial charge in [-0.3, -0.25) is 4.79 Å². The summed E-state index contributed by atoms with van der Waals surface area (Å²) in [6.45, 7) is -0.249. The number of carbonyl (C=O) groups is 1. The molecule has 0 atom stereocenters. The van der Waals surface area contributed by atoms with Crippen LogP contribution in [-0.2, 0) is 6.54 Å². The molecule has 0 radical (unpaired) electrons. The van der Waals surface area contributed by atoms with Gasteiger partial charge >= 0.3 is 0 Å². The molecule has 0 bridgehead atoms. The van der Waals surface area contributed by atoms with E-state index in [1.807, 2.05) is 0 Å². The summed E-state index contributed by atoms with van der Waals surface area (Å²) in [5.41, 5.74) is 0.476. The maximum atomic E-state index is 13.2. The van der Waals surface area contributed by atoms with Crippen molar-refractivity contribution in [1.29, 1.82) is 0 Å². The first-order chi connectivity index (χ1) is 11.0. The molecule has 0 aliphatic rings. The summed E-state index contributed by atoms with van der Waals surface area (Å²) >= 11 is 0. The zero-order valence-electron chi connectivity index (χ0n) is 11.7. The van der Waals surface area contributed by atoms with Gasteiger partial charge in [0.2, 0.25) is 5.82 Å². The summed E-state index contributed by atoms with van der Waals surface area (Å²) in [5.74, 6) is -1.17. The normalized spacial score (nSPS) is 10.7. The molecule has 116 valence electrons. The number of rotatable bonds is 4. The van der Waals surface area contributed by atoms with Gasteiger partial charge in [-0.25, -0.2) is 4.39 Å². The van der Waals surface area contributed by atoms with Crippen molar-refractivity contribution in [3.63, 3.8) is 0 Å². The number of ketones is 1. The summed E-state index contributed by atoms with van der Waals surface area (Å²) in [5, 5.41) is 30.4. The van der Waals surface area contributed by atoms with Gasteiger partial charge in [-0.1, -0.05) is 12.1 Å². The predicted molar refractivity (Wildman–Crippen MR) is 77.3 cm³/mol. The SMILES string of the molecule is O=C(Cn1nnc(-c2cccc(F)c2)n1)c1ccc(O)cc1O. The van der Waals surface area contributed by atoms with E-state index in [9.17, 15) is 19.4 Å². The average molecular weight is 314 g/mol. The van der Waals surface area contributed by atoms with E-state index in [1.54, 1.807) is 6.07 Å². The fourth-order valence-electron chi connectivity index (χ4n) is 2.02. The number of phenols is 2. The van der Waals surface area contributed by atoms with Crippen LogP contribution in [0, 0.1) is 5.82 Å². The lowest BCUT2D eigenvalue weighted by Gasteiger charge is -2.03. The Labute approximate surface area is 129 Å². The molecule has 1 heterocycles. The Kier molecular flexibility index (Phi) is 3.71. The first-order valence-corrected chi connectivity index (χ1v) is 6.62. The second-order valence-corrected chi connectivity index (χ2v) is 4.78. The number of tetrazole rings is 1. The van der Waals surface area contributed by atoms with E-state index in [0.29, 0.717) is 5.56 Å². The number of phenolic OH excluding ortho intramolecular Hbond substituents is 2. The second kappa shape index (κ2) is 5.84. The number of hydrogen-bond acceptors (Lipinski definition) is 6. The van der Waals surface area contributed by atoms with Crippen molar-refractivity contribution >= 4 is 5.78 Å². The van der Waals surface area contributed by atoms with Crippen molar-refractivity contribution in [1.82, 2.24) is 20.2 Å². The Morgan fingerprint density at radius 2 is 2.00 bits per heavy atom. The van der Waals surface area contributed by atoms with Crippen LogP contribution in [0.15, 0.2) is 42.5 Å². The Morgan fingerprint density at radius 3 is 2.74 bits per heavy atom. The van der Waals surface area contributed by atoms with Crippen LogP contribution in [-0.4, -0.2) is 36.2 Å². The summed E-state index contributed by atoms with van der Waals surface area (Å²) in [6, 6.07) is 9.36. The minimum atomic E-state index is -0.453. The van der Waals surface area contributed by atoms with Crippen LogP contribution in [0.1, 0.15) is 10.4 Å². The second-order valence-electron chi connectivity index (χ2n) is 4.78. The average Bonchev–Trinajstić information content (AvgIpc) is 2.95. The number of halogens is 1. The number of benzene rings is 2. The van der Waals surface area contributed by atoms with Crippen LogP contribution in [0.3, 0.4) is 0 Å². The zero-order chi connectivity index (χ0) is 16.4. The summed E-state index contributed by atoms with van der Waals surface area (Å²) in [4.78, 5) is 13.2. The van der Waals surface area contributed by atoms with Crippen LogP contribution in [0.25, 0.3) is 11.4 Å². The molecule has 0 aliphatic heterocycles. The molecule has 1 aromatic heterocycles. The first-order valence-electron chi connectivity index (χ1n) is 6.62. The molecular formula is C15H11FN4O3. The Morgan fingerprint density at radius 1 is 1.17 bits per heavy atom. The van der Waals surface area contributed by atoms with Crippen LogP contribution in [0.5, 0.6) is 11.5 Å². The molecule has 7 nitrogen and oxygen atoms in total. The lowest BCUT2D eigenvalue weighted by molar-refractivity contribution is 0.0959. The molecular weight excluding hydrogens is 303 g/mol. The van der Waals surface area contributed by atoms with E-state index in [-0.39, 0.29) is 29.4 Å². The highest BCUT2D eigenvalue weighted by atomic mass is 19.1. The van der Waals surface area contributed by atoms with Crippen molar-refractivity contribution in [2.75, 3.05) is 0 Å². The fourth-order valence-corrected chi connectivity index (χ4v) is 2.02. The minimum Gasteiger partial charge on any atom is -0.508 e. The first kappa shape index (κ1) is 14.6. The molecule has 0 aliphatic carbocycles. The molecule has 0 amide bonds. The van der Waals surface area contributed by atoms with Gasteiger partial charge in [0.15, 0.2) is 5.78 Å². The van der Waals surface area contributed by atoms with E-state index in [4.69, 9.17) is 0 Å². The lowest BCUT2D eigenvalue weighted by atomic mass is 10.1. The van der Waals surface area contributed by atoms with Crippen molar-refractivity contribution in [3.05, 3.63) is 53.8 Å². The highest BCUT2D eigenvalue weighted by Crippen LogP contribution is 2.23. The molecule has 23 heavy (non-hydrogen) atoms. The standard InChI is InChI=1S/C15H11FN4O3/c16-10-3-1-2-9(6-10)15-17-19-20(18-15)8-14(23)12-5-4-11(21)7-13(12)22/h1-7,21-22H,8H2. The largest absolute Gasteiger partial charge is 0.508 e. The highest BCUT2D eigenvalue weighted by molar-refractivity contribution is 5.98. The predicted octanol–water partition coefficient (Wildman–Crippen LogP) is 1.77. The van der Waals surface area contributed by atoms with Gasteiger partial charge in [0, 0.05) is 11.6 Å². The van der Waals surface area contributed by atoms with Gasteiger partial charge in [-0.2, -0.15) is 4.80 Å². The van der Waals surface area contributed by atoms with Gasteiger partial charge in [0.25, 0.3) is 0 Å². The summed E-state index contributed by atoms with van der Waals surface area (Å²) < 4.78 is 13.2. The fraction of sp³-hybridized carbons (Fsp3) is 0.0667. The van der Waals surface area contributed by atoms with Crippen molar-refractivity contribution < 1.29 is 19.4 Å². The van der Waals surface area contributed by atoms with Crippen LogP contribution >= 0.6 is 0 Å². The number of hydrogen-bond donors (Lipinski definition) is 2. The number of aromatic hydroxyl groups is 2. The van der Waals surface area contributed by atoms with Crippen molar-refractivity contribution in [3.8, 4) is 22.9 Å². The maximum Gasteiger partial charge on any atom is 0.205 e. The van der Waals surface area contributed by atoms with Crippen LogP contribution in [0.4, 0.5) is 4.39 Å². The Hall–Kier alpha value is -3.29.